The van der Waals surface area contributed by atoms with Gasteiger partial charge in [0.25, 0.3) is 0 Å². The molecule has 0 aliphatic carbocycles. The molecule has 1 unspecified atom stereocenters. The number of nitrogens with zero attached hydrogens (tertiary/aromatic N) is 1. The fraction of sp³-hybridized carbons (Fsp3) is 1.00. The Bertz CT molecular complexity index is 202. The molecule has 0 bridgehead atoms. The third-order valence-corrected chi connectivity index (χ3v) is 5.51. The van der Waals surface area contributed by atoms with E-state index in [0.29, 0.717) is 5.54 Å². The second-order valence-corrected chi connectivity index (χ2v) is 6.98. The average molecular weight is 285 g/mol. The van der Waals surface area contributed by atoms with Gasteiger partial charge in [-0.15, -0.1) is 0 Å². The Kier molecular flexibility index (Phi) is 10.6. The summed E-state index contributed by atoms with van der Waals surface area (Å²) in [6.07, 6.45) is 12.2. The van der Waals surface area contributed by atoms with E-state index >= 15 is 0 Å². The van der Waals surface area contributed by atoms with Crippen LogP contribution in [0.1, 0.15) is 99.3 Å². The van der Waals surface area contributed by atoms with Crippen LogP contribution in [0.4, 0.5) is 0 Å². The van der Waals surface area contributed by atoms with Crippen LogP contribution in [0.3, 0.4) is 0 Å². The van der Waals surface area contributed by atoms with Crippen LogP contribution in [0.5, 0.6) is 0 Å². The van der Waals surface area contributed by atoms with Crippen LogP contribution in [0.15, 0.2) is 0 Å². The largest absolute Gasteiger partial charge is 0.319 e. The highest BCUT2D eigenvalue weighted by molar-refractivity contribution is 4.76. The zero-order valence-electron chi connectivity index (χ0n) is 15.4. The average Bonchev–Trinajstić information content (AvgIpc) is 2.47. The summed E-state index contributed by atoms with van der Waals surface area (Å²) in [6.45, 7) is 18.6. The highest BCUT2D eigenvalue weighted by Gasteiger charge is 2.43. The summed E-state index contributed by atoms with van der Waals surface area (Å²) in [5.74, 6) is 0. The van der Waals surface area contributed by atoms with E-state index in [0.717, 1.165) is 0 Å². The molecule has 0 heterocycles. The number of quaternary nitrogens is 1. The van der Waals surface area contributed by atoms with E-state index < -0.39 is 0 Å². The van der Waals surface area contributed by atoms with Gasteiger partial charge in [0.1, 0.15) is 0 Å². The van der Waals surface area contributed by atoms with Crippen LogP contribution in [0, 0.1) is 0 Å². The van der Waals surface area contributed by atoms with Gasteiger partial charge >= 0.3 is 0 Å². The minimum Gasteiger partial charge on any atom is -0.319 e. The van der Waals surface area contributed by atoms with Crippen molar-refractivity contribution in [3.8, 4) is 0 Å². The maximum absolute atomic E-state index is 2.58. The number of rotatable bonds is 13. The van der Waals surface area contributed by atoms with E-state index in [9.17, 15) is 0 Å². The van der Waals surface area contributed by atoms with E-state index in [1.807, 2.05) is 0 Å². The van der Waals surface area contributed by atoms with Crippen LogP contribution in [-0.2, 0) is 0 Å². The Morgan fingerprint density at radius 1 is 0.650 bits per heavy atom. The van der Waals surface area contributed by atoms with Gasteiger partial charge < -0.3 is 4.48 Å². The van der Waals surface area contributed by atoms with Gasteiger partial charge in [0, 0.05) is 6.42 Å². The van der Waals surface area contributed by atoms with Crippen molar-refractivity contribution in [2.75, 3.05) is 19.6 Å². The summed E-state index contributed by atoms with van der Waals surface area (Å²) in [4.78, 5) is 0. The fourth-order valence-corrected chi connectivity index (χ4v) is 3.82. The summed E-state index contributed by atoms with van der Waals surface area (Å²) < 4.78 is 1.40. The van der Waals surface area contributed by atoms with Crippen molar-refractivity contribution in [1.82, 2.24) is 0 Å². The smallest absolute Gasteiger partial charge is 0.0961 e. The predicted octanol–water partition coefficient (Wildman–Crippen LogP) is 6.17. The third kappa shape index (κ3) is 5.39. The van der Waals surface area contributed by atoms with Crippen molar-refractivity contribution in [1.29, 1.82) is 0 Å². The molecule has 0 amide bonds. The molecule has 0 aliphatic rings. The molecule has 20 heavy (non-hydrogen) atoms. The third-order valence-electron chi connectivity index (χ3n) is 5.51. The molecule has 0 aromatic heterocycles. The van der Waals surface area contributed by atoms with Gasteiger partial charge in [0.05, 0.1) is 25.2 Å². The first kappa shape index (κ1) is 20.0. The molecule has 0 saturated carbocycles. The molecule has 0 spiro atoms. The summed E-state index contributed by atoms with van der Waals surface area (Å²) in [5, 5.41) is 0. The molecule has 0 N–H and O–H groups in total. The first-order valence-electron chi connectivity index (χ1n) is 9.41. The van der Waals surface area contributed by atoms with Crippen molar-refractivity contribution in [3.05, 3.63) is 0 Å². The summed E-state index contributed by atoms with van der Waals surface area (Å²) in [7, 11) is 0. The number of unbranched alkanes of at least 4 members (excludes halogenated alkanes) is 3. The molecule has 0 aromatic rings. The number of hydrogen-bond donors (Lipinski definition) is 0. The van der Waals surface area contributed by atoms with Crippen molar-refractivity contribution in [2.24, 2.45) is 0 Å². The van der Waals surface area contributed by atoms with E-state index in [4.69, 9.17) is 0 Å². The van der Waals surface area contributed by atoms with E-state index in [-0.39, 0.29) is 0 Å². The van der Waals surface area contributed by atoms with E-state index in [1.165, 1.54) is 81.9 Å². The molecule has 1 nitrogen and oxygen atoms in total. The molecular weight excluding hydrogens is 242 g/mol. The standard InChI is InChI=1S/C19H42N/c1-7-12-16-20(17-13-8-2,18-14-9-3)19(6,11-5)15-10-4/h7-18H2,1-6H3/q+1. The van der Waals surface area contributed by atoms with E-state index in [2.05, 4.69) is 41.5 Å². The van der Waals surface area contributed by atoms with Crippen molar-refractivity contribution >= 4 is 0 Å². The molecule has 0 fully saturated rings. The molecule has 0 radical (unpaired) electrons. The lowest BCUT2D eigenvalue weighted by Crippen LogP contribution is -2.64. The Labute approximate surface area is 129 Å². The first-order chi connectivity index (χ1) is 9.55. The summed E-state index contributed by atoms with van der Waals surface area (Å²) >= 11 is 0. The molecule has 0 aliphatic heterocycles. The zero-order valence-corrected chi connectivity index (χ0v) is 15.4. The first-order valence-corrected chi connectivity index (χ1v) is 9.41. The Morgan fingerprint density at radius 3 is 1.30 bits per heavy atom. The van der Waals surface area contributed by atoms with Crippen LogP contribution in [-0.4, -0.2) is 29.7 Å². The Hall–Kier alpha value is -0.0400. The van der Waals surface area contributed by atoms with Gasteiger partial charge in [-0.25, -0.2) is 0 Å². The molecular formula is C19H42N+. The summed E-state index contributed by atoms with van der Waals surface area (Å²) in [5.41, 5.74) is 0.494. The molecule has 1 atom stereocenters. The second kappa shape index (κ2) is 10.7. The monoisotopic (exact) mass is 284 g/mol. The minimum atomic E-state index is 0.494. The lowest BCUT2D eigenvalue weighted by molar-refractivity contribution is -0.976. The Balaban J connectivity index is 5.27. The number of hydrogen-bond acceptors (Lipinski definition) is 0. The van der Waals surface area contributed by atoms with E-state index in [1.54, 1.807) is 0 Å². The van der Waals surface area contributed by atoms with Crippen molar-refractivity contribution in [2.45, 2.75) is 105 Å². The SMILES string of the molecule is CCCC[N+](CCCC)(CCCC)C(C)(CC)CCC. The summed E-state index contributed by atoms with van der Waals surface area (Å²) in [6, 6.07) is 0. The van der Waals surface area contributed by atoms with Crippen LogP contribution < -0.4 is 0 Å². The zero-order chi connectivity index (χ0) is 15.5. The van der Waals surface area contributed by atoms with Gasteiger partial charge in [0.2, 0.25) is 0 Å². The van der Waals surface area contributed by atoms with Crippen molar-refractivity contribution in [3.63, 3.8) is 0 Å². The maximum atomic E-state index is 2.58. The van der Waals surface area contributed by atoms with Crippen LogP contribution in [0.25, 0.3) is 0 Å². The topological polar surface area (TPSA) is 0 Å². The fourth-order valence-electron chi connectivity index (χ4n) is 3.82. The van der Waals surface area contributed by atoms with Crippen molar-refractivity contribution < 1.29 is 4.48 Å². The van der Waals surface area contributed by atoms with Gasteiger partial charge in [-0.1, -0.05) is 60.3 Å². The van der Waals surface area contributed by atoms with Gasteiger partial charge in [-0.3, -0.25) is 0 Å². The molecule has 122 valence electrons. The normalized spacial score (nSPS) is 15.3. The lowest BCUT2D eigenvalue weighted by atomic mass is 9.86. The Morgan fingerprint density at radius 2 is 1.05 bits per heavy atom. The molecule has 0 saturated heterocycles. The van der Waals surface area contributed by atoms with Gasteiger partial charge in [-0.05, 0) is 32.6 Å². The predicted molar refractivity (Wildman–Crippen MR) is 93.2 cm³/mol. The lowest BCUT2D eigenvalue weighted by Gasteiger charge is -2.53. The van der Waals surface area contributed by atoms with Gasteiger partial charge in [0.15, 0.2) is 0 Å². The second-order valence-electron chi connectivity index (χ2n) is 6.98. The van der Waals surface area contributed by atoms with Crippen LogP contribution >= 0.6 is 0 Å². The highest BCUT2D eigenvalue weighted by Crippen LogP contribution is 2.35. The molecule has 0 rings (SSSR count). The van der Waals surface area contributed by atoms with Crippen LogP contribution in [0.2, 0.25) is 0 Å². The molecule has 1 heteroatoms. The highest BCUT2D eigenvalue weighted by atomic mass is 15.4. The molecule has 0 aromatic carbocycles. The minimum absolute atomic E-state index is 0.494. The van der Waals surface area contributed by atoms with Gasteiger partial charge in [-0.2, -0.15) is 0 Å². The quantitative estimate of drug-likeness (QED) is 0.355. The maximum Gasteiger partial charge on any atom is 0.0961 e.